The lowest BCUT2D eigenvalue weighted by Gasteiger charge is -2.14. The molecule has 3 heteroatoms. The van der Waals surface area contributed by atoms with E-state index in [4.69, 9.17) is 9.47 Å². The average Bonchev–Trinajstić information content (AvgIpc) is 2.82. The highest BCUT2D eigenvalue weighted by Gasteiger charge is 2.13. The summed E-state index contributed by atoms with van der Waals surface area (Å²) in [5.74, 6) is 0.352. The molecule has 2 rings (SSSR count). The van der Waals surface area contributed by atoms with Crippen molar-refractivity contribution in [3.63, 3.8) is 0 Å². The van der Waals surface area contributed by atoms with Gasteiger partial charge >= 0.3 is 5.97 Å². The minimum atomic E-state index is -0.312. The fourth-order valence-electron chi connectivity index (χ4n) is 3.82. The molecule has 0 amide bonds. The Bertz CT molecular complexity index is 766. The Hall–Kier alpha value is -2.13. The van der Waals surface area contributed by atoms with Crippen LogP contribution in [0, 0.1) is 0 Å². The fraction of sp³-hybridized carbons (Fsp3) is 0.552. The molecule has 176 valence electrons. The summed E-state index contributed by atoms with van der Waals surface area (Å²) in [7, 11) is 0. The minimum absolute atomic E-state index is 0.0272. The summed E-state index contributed by atoms with van der Waals surface area (Å²) in [5, 5.41) is 0. The third-order valence-electron chi connectivity index (χ3n) is 5.96. The van der Waals surface area contributed by atoms with Gasteiger partial charge in [0, 0.05) is 6.61 Å². The molecular weight excluding hydrogens is 396 g/mol. The number of hydrogen-bond acceptors (Lipinski definition) is 3. The Labute approximate surface area is 195 Å². The Morgan fingerprint density at radius 1 is 0.781 bits per heavy atom. The molecule has 1 unspecified atom stereocenters. The molecule has 0 aliphatic rings. The van der Waals surface area contributed by atoms with Crippen molar-refractivity contribution in [3.05, 3.63) is 65.2 Å². The molecule has 1 atom stereocenters. The van der Waals surface area contributed by atoms with Gasteiger partial charge in [0.1, 0.15) is 5.75 Å². The second-order valence-electron chi connectivity index (χ2n) is 8.71. The van der Waals surface area contributed by atoms with Crippen LogP contribution < -0.4 is 4.74 Å². The van der Waals surface area contributed by atoms with E-state index in [9.17, 15) is 4.79 Å². The first-order chi connectivity index (χ1) is 15.7. The molecule has 3 nitrogen and oxygen atoms in total. The van der Waals surface area contributed by atoms with E-state index in [1.165, 1.54) is 44.9 Å². The number of carbonyl (C=O) groups excluding carboxylic acids is 1. The third-order valence-corrected chi connectivity index (χ3v) is 5.96. The number of hydrogen-bond donors (Lipinski definition) is 0. The molecule has 0 aliphatic heterocycles. The first-order valence-corrected chi connectivity index (χ1v) is 12.7. The molecule has 2 aromatic rings. The zero-order valence-corrected chi connectivity index (χ0v) is 20.4. The molecule has 0 aromatic heterocycles. The zero-order valence-electron chi connectivity index (χ0n) is 20.4. The molecule has 0 aliphatic carbocycles. The Balaban J connectivity index is 1.74. The number of esters is 1. The van der Waals surface area contributed by atoms with Crippen molar-refractivity contribution in [3.8, 4) is 5.75 Å². The van der Waals surface area contributed by atoms with E-state index in [0.29, 0.717) is 11.3 Å². The summed E-state index contributed by atoms with van der Waals surface area (Å²) in [4.78, 5) is 12.6. The third kappa shape index (κ3) is 9.56. The van der Waals surface area contributed by atoms with E-state index in [0.717, 1.165) is 43.4 Å². The molecule has 0 saturated carbocycles. The van der Waals surface area contributed by atoms with Gasteiger partial charge < -0.3 is 9.47 Å². The predicted molar refractivity (Wildman–Crippen MR) is 133 cm³/mol. The van der Waals surface area contributed by atoms with Gasteiger partial charge in [-0.2, -0.15) is 0 Å². The van der Waals surface area contributed by atoms with Gasteiger partial charge in [-0.3, -0.25) is 0 Å². The topological polar surface area (TPSA) is 35.5 Å². The summed E-state index contributed by atoms with van der Waals surface area (Å²) in [6.45, 7) is 7.28. The molecule has 0 saturated heterocycles. The minimum Gasteiger partial charge on any atom is -0.423 e. The highest BCUT2D eigenvalue weighted by molar-refractivity contribution is 5.91. The van der Waals surface area contributed by atoms with E-state index in [1.807, 2.05) is 48.5 Å². The van der Waals surface area contributed by atoms with E-state index in [2.05, 4.69) is 20.8 Å². The maximum Gasteiger partial charge on any atom is 0.343 e. The lowest BCUT2D eigenvalue weighted by atomic mass is 10.1. The van der Waals surface area contributed by atoms with Crippen LogP contribution in [0.15, 0.2) is 48.5 Å². The van der Waals surface area contributed by atoms with Crippen LogP contribution in [0.5, 0.6) is 5.75 Å². The van der Waals surface area contributed by atoms with Crippen LogP contribution in [0.25, 0.3) is 0 Å². The smallest absolute Gasteiger partial charge is 0.343 e. The molecule has 0 radical (unpaired) electrons. The maximum atomic E-state index is 12.6. The highest BCUT2D eigenvalue weighted by atomic mass is 16.5. The summed E-state index contributed by atoms with van der Waals surface area (Å²) in [6.07, 6.45) is 13.6. The molecule has 2 aromatic carbocycles. The maximum absolute atomic E-state index is 12.6. The molecule has 0 heterocycles. The summed E-state index contributed by atoms with van der Waals surface area (Å²) < 4.78 is 11.7. The van der Waals surface area contributed by atoms with Gasteiger partial charge in [0.25, 0.3) is 0 Å². The monoisotopic (exact) mass is 438 g/mol. The van der Waals surface area contributed by atoms with Crippen LogP contribution in [0.2, 0.25) is 0 Å². The molecule has 0 fully saturated rings. The fourth-order valence-corrected chi connectivity index (χ4v) is 3.82. The molecule has 0 bridgehead atoms. The van der Waals surface area contributed by atoms with Crippen molar-refractivity contribution in [2.75, 3.05) is 6.61 Å². The zero-order chi connectivity index (χ0) is 23.0. The van der Waals surface area contributed by atoms with E-state index in [-0.39, 0.29) is 12.1 Å². The van der Waals surface area contributed by atoms with Crippen LogP contribution >= 0.6 is 0 Å². The largest absolute Gasteiger partial charge is 0.423 e. The summed E-state index contributed by atoms with van der Waals surface area (Å²) >= 11 is 0. The number of rotatable bonds is 16. The van der Waals surface area contributed by atoms with Gasteiger partial charge in [0.05, 0.1) is 11.7 Å². The Morgan fingerprint density at radius 3 is 2.09 bits per heavy atom. The highest BCUT2D eigenvalue weighted by Crippen LogP contribution is 2.23. The summed E-state index contributed by atoms with van der Waals surface area (Å²) in [5.41, 5.74) is 2.74. The summed E-state index contributed by atoms with van der Waals surface area (Å²) in [6, 6.07) is 15.4. The van der Waals surface area contributed by atoms with Crippen molar-refractivity contribution >= 4 is 5.97 Å². The lowest BCUT2D eigenvalue weighted by Crippen LogP contribution is -2.10. The van der Waals surface area contributed by atoms with Crippen molar-refractivity contribution in [1.82, 2.24) is 0 Å². The molecule has 32 heavy (non-hydrogen) atoms. The van der Waals surface area contributed by atoms with Crippen molar-refractivity contribution in [1.29, 1.82) is 0 Å². The first-order valence-electron chi connectivity index (χ1n) is 12.7. The van der Waals surface area contributed by atoms with Crippen LogP contribution in [-0.4, -0.2) is 12.6 Å². The number of aryl methyl sites for hydroxylation is 1. The van der Waals surface area contributed by atoms with E-state index < -0.39 is 0 Å². The number of benzene rings is 2. The number of carbonyl (C=O) groups is 1. The van der Waals surface area contributed by atoms with Crippen LogP contribution in [-0.2, 0) is 11.2 Å². The second-order valence-corrected chi connectivity index (χ2v) is 8.71. The van der Waals surface area contributed by atoms with Gasteiger partial charge in [0.2, 0.25) is 0 Å². The Morgan fingerprint density at radius 2 is 1.41 bits per heavy atom. The van der Waals surface area contributed by atoms with E-state index >= 15 is 0 Å². The predicted octanol–water partition coefficient (Wildman–Crippen LogP) is 8.47. The normalized spacial score (nSPS) is 12.0. The number of para-hydroxylation sites is 1. The average molecular weight is 439 g/mol. The van der Waals surface area contributed by atoms with Crippen molar-refractivity contribution in [2.24, 2.45) is 0 Å². The molecular formula is C29H42O3. The van der Waals surface area contributed by atoms with Crippen molar-refractivity contribution in [2.45, 2.75) is 97.5 Å². The number of unbranched alkanes of at least 4 members (excludes halogenated alkanes) is 8. The SMILES string of the molecule is CCCCCCCCCCOC(C)c1ccc(C(=O)Oc2ccccc2CCCC)cc1. The quantitative estimate of drug-likeness (QED) is 0.150. The van der Waals surface area contributed by atoms with Gasteiger partial charge in [-0.05, 0) is 55.5 Å². The van der Waals surface area contributed by atoms with Gasteiger partial charge in [-0.15, -0.1) is 0 Å². The van der Waals surface area contributed by atoms with Gasteiger partial charge in [-0.25, -0.2) is 4.79 Å². The van der Waals surface area contributed by atoms with Crippen LogP contribution in [0.3, 0.4) is 0 Å². The second kappa shape index (κ2) is 15.6. The van der Waals surface area contributed by atoms with Crippen molar-refractivity contribution < 1.29 is 14.3 Å². The standard InChI is InChI=1S/C29H42O3/c1-4-6-8-9-10-11-12-15-23-31-24(3)25-19-21-27(22-20-25)29(30)32-28-18-14-13-17-26(28)16-7-5-2/h13-14,17-22,24H,4-12,15-16,23H2,1-3H3. The van der Waals surface area contributed by atoms with Crippen LogP contribution in [0.4, 0.5) is 0 Å². The molecule has 0 N–H and O–H groups in total. The van der Waals surface area contributed by atoms with E-state index in [1.54, 1.807) is 0 Å². The Kier molecular flexibility index (Phi) is 12.8. The number of ether oxygens (including phenoxy) is 2. The first kappa shape index (κ1) is 26.1. The lowest BCUT2D eigenvalue weighted by molar-refractivity contribution is 0.0626. The van der Waals surface area contributed by atoms with Gasteiger partial charge in [-0.1, -0.05) is 95.5 Å². The van der Waals surface area contributed by atoms with Gasteiger partial charge in [0.15, 0.2) is 0 Å². The van der Waals surface area contributed by atoms with Crippen LogP contribution in [0.1, 0.15) is 113 Å². The molecule has 0 spiro atoms.